The third-order valence-corrected chi connectivity index (χ3v) is 5.20. The maximum atomic E-state index is 12.5. The van der Waals surface area contributed by atoms with Crippen LogP contribution in [0.1, 0.15) is 43.2 Å². The van der Waals surface area contributed by atoms with E-state index in [1.54, 1.807) is 7.11 Å². The van der Waals surface area contributed by atoms with E-state index >= 15 is 0 Å². The molecule has 0 unspecified atom stereocenters. The molecule has 6 heteroatoms. The first kappa shape index (κ1) is 21.4. The highest BCUT2D eigenvalue weighted by atomic mass is 16.5. The summed E-state index contributed by atoms with van der Waals surface area (Å²) in [6, 6.07) is 6.12. The summed E-state index contributed by atoms with van der Waals surface area (Å²) < 4.78 is 5.13. The molecule has 1 aromatic carbocycles. The van der Waals surface area contributed by atoms with E-state index in [4.69, 9.17) is 4.74 Å². The summed E-state index contributed by atoms with van der Waals surface area (Å²) in [5.41, 5.74) is 3.01. The molecule has 6 nitrogen and oxygen atoms in total. The quantitative estimate of drug-likeness (QED) is 0.696. The van der Waals surface area contributed by atoms with Crippen molar-refractivity contribution >= 4 is 17.5 Å². The Morgan fingerprint density at radius 2 is 1.81 bits per heavy atom. The summed E-state index contributed by atoms with van der Waals surface area (Å²) in [4.78, 5) is 26.7. The van der Waals surface area contributed by atoms with Crippen LogP contribution < -0.4 is 10.6 Å². The summed E-state index contributed by atoms with van der Waals surface area (Å²) in [7, 11) is 1.62. The van der Waals surface area contributed by atoms with Crippen molar-refractivity contribution in [2.45, 2.75) is 52.0 Å². The fourth-order valence-corrected chi connectivity index (χ4v) is 3.44. The van der Waals surface area contributed by atoms with E-state index < -0.39 is 0 Å². The van der Waals surface area contributed by atoms with E-state index in [1.807, 2.05) is 36.9 Å². The van der Waals surface area contributed by atoms with Crippen molar-refractivity contribution in [3.05, 3.63) is 29.3 Å². The van der Waals surface area contributed by atoms with Gasteiger partial charge in [-0.15, -0.1) is 0 Å². The average molecular weight is 376 g/mol. The van der Waals surface area contributed by atoms with Gasteiger partial charge >= 0.3 is 0 Å². The van der Waals surface area contributed by atoms with E-state index in [0.29, 0.717) is 13.2 Å². The van der Waals surface area contributed by atoms with Crippen molar-refractivity contribution in [3.63, 3.8) is 0 Å². The molecular weight excluding hydrogens is 342 g/mol. The van der Waals surface area contributed by atoms with Gasteiger partial charge in [0.15, 0.2) is 0 Å². The van der Waals surface area contributed by atoms with Crippen LogP contribution in [0.2, 0.25) is 0 Å². The predicted molar refractivity (Wildman–Crippen MR) is 108 cm³/mol. The van der Waals surface area contributed by atoms with Crippen molar-refractivity contribution < 1.29 is 14.3 Å². The van der Waals surface area contributed by atoms with Gasteiger partial charge in [0.1, 0.15) is 0 Å². The van der Waals surface area contributed by atoms with Gasteiger partial charge in [-0.1, -0.05) is 31.4 Å². The second kappa shape index (κ2) is 11.0. The standard InChI is InChI=1S/C21H33N3O3/c1-16-8-7-11-19(17(16)2)23-21(26)15-24(12-13-27-3)14-20(25)22-18-9-5-4-6-10-18/h7-8,11,18H,4-6,9-10,12-15H2,1-3H3,(H,22,25)(H,23,26). The number of methoxy groups -OCH3 is 1. The van der Waals surface area contributed by atoms with Crippen molar-refractivity contribution in [1.29, 1.82) is 0 Å². The van der Waals surface area contributed by atoms with Crippen LogP contribution in [0.3, 0.4) is 0 Å². The molecule has 2 N–H and O–H groups in total. The number of amides is 2. The van der Waals surface area contributed by atoms with E-state index in [-0.39, 0.29) is 30.9 Å². The molecule has 2 amide bonds. The number of carbonyl (C=O) groups excluding carboxylic acids is 2. The number of hydrogen-bond donors (Lipinski definition) is 2. The van der Waals surface area contributed by atoms with Crippen LogP contribution >= 0.6 is 0 Å². The van der Waals surface area contributed by atoms with Crippen molar-refractivity contribution in [1.82, 2.24) is 10.2 Å². The Morgan fingerprint density at radius 3 is 2.52 bits per heavy atom. The molecule has 1 fully saturated rings. The Morgan fingerprint density at radius 1 is 1.11 bits per heavy atom. The molecule has 0 aliphatic heterocycles. The lowest BCUT2D eigenvalue weighted by Gasteiger charge is -2.25. The van der Waals surface area contributed by atoms with Crippen LogP contribution in [0.5, 0.6) is 0 Å². The highest BCUT2D eigenvalue weighted by molar-refractivity contribution is 5.93. The number of carbonyl (C=O) groups is 2. The lowest BCUT2D eigenvalue weighted by atomic mass is 9.95. The number of benzene rings is 1. The molecule has 150 valence electrons. The normalized spacial score (nSPS) is 15.0. The summed E-state index contributed by atoms with van der Waals surface area (Å²) in [6.07, 6.45) is 5.71. The minimum absolute atomic E-state index is 0.0162. The highest BCUT2D eigenvalue weighted by Crippen LogP contribution is 2.18. The number of rotatable bonds is 9. The third kappa shape index (κ3) is 7.31. The lowest BCUT2D eigenvalue weighted by Crippen LogP contribution is -2.45. The molecule has 0 radical (unpaired) electrons. The third-order valence-electron chi connectivity index (χ3n) is 5.20. The van der Waals surface area contributed by atoms with E-state index in [1.165, 1.54) is 19.3 Å². The SMILES string of the molecule is COCCN(CC(=O)Nc1cccc(C)c1C)CC(=O)NC1CCCCC1. The van der Waals surface area contributed by atoms with Crippen LogP contribution in [0.15, 0.2) is 18.2 Å². The van der Waals surface area contributed by atoms with Crippen molar-refractivity contribution in [2.24, 2.45) is 0 Å². The summed E-state index contributed by atoms with van der Waals surface area (Å²) in [5, 5.41) is 6.07. The fourth-order valence-electron chi connectivity index (χ4n) is 3.44. The molecule has 1 aliphatic carbocycles. The molecule has 27 heavy (non-hydrogen) atoms. The number of nitrogens with zero attached hydrogens (tertiary/aromatic N) is 1. The van der Waals surface area contributed by atoms with Gasteiger partial charge < -0.3 is 15.4 Å². The van der Waals surface area contributed by atoms with E-state index in [0.717, 1.165) is 29.7 Å². The molecule has 2 rings (SSSR count). The molecule has 1 aliphatic rings. The van der Waals surface area contributed by atoms with Gasteiger partial charge in [-0.05, 0) is 43.9 Å². The molecule has 0 heterocycles. The Labute approximate surface area is 162 Å². The van der Waals surface area contributed by atoms with Gasteiger partial charge in [0.05, 0.1) is 19.7 Å². The zero-order valence-electron chi connectivity index (χ0n) is 16.8. The minimum atomic E-state index is -0.120. The second-order valence-electron chi connectivity index (χ2n) is 7.40. The molecular formula is C21H33N3O3. The number of ether oxygens (including phenoxy) is 1. The van der Waals surface area contributed by atoms with Gasteiger partial charge in [-0.25, -0.2) is 0 Å². The molecule has 0 aromatic heterocycles. The summed E-state index contributed by atoms with van der Waals surface area (Å²) in [6.45, 7) is 5.40. The Kier molecular flexibility index (Phi) is 8.75. The molecule has 1 saturated carbocycles. The monoisotopic (exact) mass is 375 g/mol. The van der Waals surface area contributed by atoms with Gasteiger partial charge in [0.25, 0.3) is 0 Å². The van der Waals surface area contributed by atoms with Crippen LogP contribution in [0, 0.1) is 13.8 Å². The van der Waals surface area contributed by atoms with E-state index in [2.05, 4.69) is 10.6 Å². The summed E-state index contributed by atoms with van der Waals surface area (Å²) in [5.74, 6) is -0.136. The fraction of sp³-hybridized carbons (Fsp3) is 0.619. The largest absolute Gasteiger partial charge is 0.383 e. The van der Waals surface area contributed by atoms with Gasteiger partial charge in [0.2, 0.25) is 11.8 Å². The minimum Gasteiger partial charge on any atom is -0.383 e. The van der Waals surface area contributed by atoms with Gasteiger partial charge in [0, 0.05) is 25.4 Å². The zero-order chi connectivity index (χ0) is 19.6. The maximum absolute atomic E-state index is 12.5. The first-order chi connectivity index (χ1) is 13.0. The number of anilines is 1. The second-order valence-corrected chi connectivity index (χ2v) is 7.40. The van der Waals surface area contributed by atoms with Crippen molar-refractivity contribution in [3.8, 4) is 0 Å². The Bertz CT molecular complexity index is 627. The number of hydrogen-bond acceptors (Lipinski definition) is 4. The summed E-state index contributed by atoms with van der Waals surface area (Å²) >= 11 is 0. The van der Waals surface area contributed by atoms with E-state index in [9.17, 15) is 9.59 Å². The van der Waals surface area contributed by atoms with Gasteiger partial charge in [-0.2, -0.15) is 0 Å². The number of nitrogens with one attached hydrogen (secondary N) is 2. The van der Waals surface area contributed by atoms with Crippen LogP contribution in [0.25, 0.3) is 0 Å². The zero-order valence-corrected chi connectivity index (χ0v) is 16.8. The Hall–Kier alpha value is -1.92. The smallest absolute Gasteiger partial charge is 0.238 e. The van der Waals surface area contributed by atoms with Crippen LogP contribution in [-0.4, -0.2) is 56.1 Å². The molecule has 0 spiro atoms. The average Bonchev–Trinajstić information content (AvgIpc) is 2.64. The first-order valence-corrected chi connectivity index (χ1v) is 9.86. The molecule has 1 aromatic rings. The number of aryl methyl sites for hydroxylation is 1. The Balaban J connectivity index is 1.89. The first-order valence-electron chi connectivity index (χ1n) is 9.86. The van der Waals surface area contributed by atoms with Crippen LogP contribution in [-0.2, 0) is 14.3 Å². The maximum Gasteiger partial charge on any atom is 0.238 e. The topological polar surface area (TPSA) is 70.7 Å². The lowest BCUT2D eigenvalue weighted by molar-refractivity contribution is -0.124. The molecule has 0 atom stereocenters. The van der Waals surface area contributed by atoms with Crippen LogP contribution in [0.4, 0.5) is 5.69 Å². The highest BCUT2D eigenvalue weighted by Gasteiger charge is 2.19. The molecule has 0 bridgehead atoms. The predicted octanol–water partition coefficient (Wildman–Crippen LogP) is 2.64. The molecule has 0 saturated heterocycles. The van der Waals surface area contributed by atoms with Gasteiger partial charge in [-0.3, -0.25) is 14.5 Å². The van der Waals surface area contributed by atoms with Crippen molar-refractivity contribution in [2.75, 3.05) is 38.7 Å².